The molecule has 0 aromatic heterocycles. The van der Waals surface area contributed by atoms with Crippen LogP contribution in [-0.4, -0.2) is 49.3 Å². The van der Waals surface area contributed by atoms with Crippen molar-refractivity contribution in [2.45, 2.75) is 19.4 Å². The van der Waals surface area contributed by atoms with Gasteiger partial charge in [0.2, 0.25) is 5.91 Å². The second-order valence-electron chi connectivity index (χ2n) is 7.32. The van der Waals surface area contributed by atoms with E-state index in [1.165, 1.54) is 12.1 Å². The van der Waals surface area contributed by atoms with E-state index in [-0.39, 0.29) is 17.5 Å². The molecular formula is C22H26N4O5. The van der Waals surface area contributed by atoms with E-state index in [1.54, 1.807) is 50.8 Å². The van der Waals surface area contributed by atoms with Gasteiger partial charge in [-0.05, 0) is 49.7 Å². The van der Waals surface area contributed by atoms with Crippen molar-refractivity contribution in [2.24, 2.45) is 11.0 Å². The molecule has 0 radical (unpaired) electrons. The fourth-order valence-corrected chi connectivity index (χ4v) is 3.53. The Balaban J connectivity index is 1.48. The maximum absolute atomic E-state index is 12.5. The zero-order chi connectivity index (χ0) is 22.2. The number of piperidine rings is 1. The first-order valence-corrected chi connectivity index (χ1v) is 10.0. The van der Waals surface area contributed by atoms with Gasteiger partial charge < -0.3 is 9.47 Å². The first kappa shape index (κ1) is 22.2. The van der Waals surface area contributed by atoms with Crippen molar-refractivity contribution in [2.75, 3.05) is 27.3 Å². The van der Waals surface area contributed by atoms with Crippen LogP contribution in [0.2, 0.25) is 0 Å². The third-order valence-corrected chi connectivity index (χ3v) is 5.33. The fourth-order valence-electron chi connectivity index (χ4n) is 3.53. The van der Waals surface area contributed by atoms with E-state index in [2.05, 4.69) is 15.4 Å². The van der Waals surface area contributed by atoms with Crippen molar-refractivity contribution < 1.29 is 19.2 Å². The lowest BCUT2D eigenvalue weighted by Gasteiger charge is -2.30. The van der Waals surface area contributed by atoms with Crippen LogP contribution < -0.4 is 14.9 Å². The van der Waals surface area contributed by atoms with Crippen molar-refractivity contribution in [1.82, 2.24) is 10.3 Å². The van der Waals surface area contributed by atoms with Gasteiger partial charge in [-0.3, -0.25) is 19.8 Å². The first-order chi connectivity index (χ1) is 15.0. The highest BCUT2D eigenvalue weighted by Crippen LogP contribution is 2.23. The number of nitrogens with one attached hydrogen (secondary N) is 1. The van der Waals surface area contributed by atoms with E-state index in [4.69, 9.17) is 9.47 Å². The number of non-ortho nitro benzene ring substituents is 1. The highest BCUT2D eigenvalue weighted by atomic mass is 16.6. The van der Waals surface area contributed by atoms with E-state index in [0.29, 0.717) is 23.6 Å². The number of hydrogen-bond donors (Lipinski definition) is 1. The number of nitro benzene ring substituents is 1. The Bertz CT molecular complexity index is 937. The van der Waals surface area contributed by atoms with Crippen molar-refractivity contribution in [1.29, 1.82) is 0 Å². The van der Waals surface area contributed by atoms with Gasteiger partial charge in [0.05, 0.1) is 25.4 Å². The fraction of sp³-hybridized carbons (Fsp3) is 0.364. The van der Waals surface area contributed by atoms with Crippen LogP contribution in [-0.2, 0) is 11.3 Å². The Morgan fingerprint density at radius 2 is 1.90 bits per heavy atom. The van der Waals surface area contributed by atoms with Crippen LogP contribution in [0, 0.1) is 16.0 Å². The molecule has 1 heterocycles. The van der Waals surface area contributed by atoms with Gasteiger partial charge in [0.15, 0.2) is 0 Å². The number of benzene rings is 2. The number of methoxy groups -OCH3 is 2. The van der Waals surface area contributed by atoms with Crippen molar-refractivity contribution in [3.05, 3.63) is 63.7 Å². The molecule has 1 amide bonds. The van der Waals surface area contributed by atoms with Crippen LogP contribution in [0.25, 0.3) is 0 Å². The average molecular weight is 426 g/mol. The van der Waals surface area contributed by atoms with Gasteiger partial charge in [0, 0.05) is 30.2 Å². The number of rotatable bonds is 8. The monoisotopic (exact) mass is 426 g/mol. The largest absolute Gasteiger partial charge is 0.497 e. The van der Waals surface area contributed by atoms with Crippen LogP contribution in [0.5, 0.6) is 11.5 Å². The highest BCUT2D eigenvalue weighted by molar-refractivity contribution is 5.86. The smallest absolute Gasteiger partial charge is 0.269 e. The summed E-state index contributed by atoms with van der Waals surface area (Å²) < 4.78 is 10.5. The normalized spacial score (nSPS) is 15.0. The number of carbonyl (C=O) groups excluding carboxylic acids is 1. The third kappa shape index (κ3) is 6.02. The van der Waals surface area contributed by atoms with Crippen LogP contribution in [0.4, 0.5) is 5.69 Å². The quantitative estimate of drug-likeness (QED) is 0.395. The number of nitro groups is 1. The van der Waals surface area contributed by atoms with E-state index >= 15 is 0 Å². The van der Waals surface area contributed by atoms with Gasteiger partial charge in [0.1, 0.15) is 11.5 Å². The molecule has 0 saturated carbocycles. The standard InChI is InChI=1S/C22H26N4O5/c1-30-20-7-8-21(31-2)18(13-20)14-23-24-22(27)17-9-11-25(12-10-17)15-16-3-5-19(6-4-16)26(28)29/h3-8,13-14,17H,9-12,15H2,1-2H3,(H,24,27)/b23-14+. The van der Waals surface area contributed by atoms with E-state index in [1.807, 2.05) is 0 Å². The van der Waals surface area contributed by atoms with E-state index in [0.717, 1.165) is 31.5 Å². The minimum atomic E-state index is -0.402. The molecule has 1 saturated heterocycles. The van der Waals surface area contributed by atoms with Crippen molar-refractivity contribution in [3.63, 3.8) is 0 Å². The zero-order valence-electron chi connectivity index (χ0n) is 17.6. The number of hydrogen-bond acceptors (Lipinski definition) is 7. The van der Waals surface area contributed by atoms with Gasteiger partial charge in [-0.1, -0.05) is 12.1 Å². The highest BCUT2D eigenvalue weighted by Gasteiger charge is 2.25. The molecule has 164 valence electrons. The molecule has 2 aromatic rings. The lowest BCUT2D eigenvalue weighted by atomic mass is 9.96. The Morgan fingerprint density at radius 1 is 1.19 bits per heavy atom. The lowest BCUT2D eigenvalue weighted by molar-refractivity contribution is -0.384. The lowest BCUT2D eigenvalue weighted by Crippen LogP contribution is -2.39. The molecule has 2 aromatic carbocycles. The molecule has 9 heteroatoms. The molecule has 0 aliphatic carbocycles. The van der Waals surface area contributed by atoms with Gasteiger partial charge in [-0.15, -0.1) is 0 Å². The molecule has 0 atom stereocenters. The number of likely N-dealkylation sites (tertiary alicyclic amines) is 1. The number of ether oxygens (including phenoxy) is 2. The van der Waals surface area contributed by atoms with Crippen LogP contribution in [0.3, 0.4) is 0 Å². The average Bonchev–Trinajstić information content (AvgIpc) is 2.79. The minimum absolute atomic E-state index is 0.0891. The molecular weight excluding hydrogens is 400 g/mol. The summed E-state index contributed by atoms with van der Waals surface area (Å²) in [4.78, 5) is 25.1. The summed E-state index contributed by atoms with van der Waals surface area (Å²) in [5.74, 6) is 1.11. The van der Waals surface area contributed by atoms with Crippen LogP contribution in [0.15, 0.2) is 47.6 Å². The van der Waals surface area contributed by atoms with Gasteiger partial charge in [-0.2, -0.15) is 5.10 Å². The topological polar surface area (TPSA) is 106 Å². The van der Waals surface area contributed by atoms with E-state index in [9.17, 15) is 14.9 Å². The molecule has 9 nitrogen and oxygen atoms in total. The van der Waals surface area contributed by atoms with Crippen molar-refractivity contribution >= 4 is 17.8 Å². The molecule has 1 aliphatic rings. The number of hydrazone groups is 1. The summed E-state index contributed by atoms with van der Waals surface area (Å²) in [6.45, 7) is 2.27. The molecule has 0 spiro atoms. The summed E-state index contributed by atoms with van der Waals surface area (Å²) in [5, 5.41) is 14.8. The van der Waals surface area contributed by atoms with Gasteiger partial charge >= 0.3 is 0 Å². The second kappa shape index (κ2) is 10.5. The van der Waals surface area contributed by atoms with Crippen LogP contribution in [0.1, 0.15) is 24.0 Å². The number of nitrogens with zero attached hydrogens (tertiary/aromatic N) is 3. The molecule has 1 aliphatic heterocycles. The summed E-state index contributed by atoms with van der Waals surface area (Å²) in [6, 6.07) is 11.9. The Morgan fingerprint density at radius 3 is 2.52 bits per heavy atom. The molecule has 0 unspecified atom stereocenters. The first-order valence-electron chi connectivity index (χ1n) is 10.0. The minimum Gasteiger partial charge on any atom is -0.497 e. The van der Waals surface area contributed by atoms with Gasteiger partial charge in [-0.25, -0.2) is 5.43 Å². The van der Waals surface area contributed by atoms with Crippen molar-refractivity contribution in [3.8, 4) is 11.5 Å². The van der Waals surface area contributed by atoms with Gasteiger partial charge in [0.25, 0.3) is 5.69 Å². The Hall–Kier alpha value is -3.46. The number of carbonyl (C=O) groups is 1. The SMILES string of the molecule is COc1ccc(OC)c(/C=N/NC(=O)C2CCN(Cc3ccc([N+](=O)[O-])cc3)CC2)c1. The predicted octanol–water partition coefficient (Wildman–Crippen LogP) is 2.97. The maximum atomic E-state index is 12.5. The van der Waals surface area contributed by atoms with E-state index < -0.39 is 4.92 Å². The molecule has 0 bridgehead atoms. The Kier molecular flexibility index (Phi) is 7.55. The molecule has 1 fully saturated rings. The maximum Gasteiger partial charge on any atom is 0.269 e. The molecule has 3 rings (SSSR count). The van der Waals surface area contributed by atoms with Crippen LogP contribution >= 0.6 is 0 Å². The molecule has 1 N–H and O–H groups in total. The zero-order valence-corrected chi connectivity index (χ0v) is 17.6. The second-order valence-corrected chi connectivity index (χ2v) is 7.32. The number of amides is 1. The third-order valence-electron chi connectivity index (χ3n) is 5.33. The summed E-state index contributed by atoms with van der Waals surface area (Å²) >= 11 is 0. The summed E-state index contributed by atoms with van der Waals surface area (Å²) in [6.07, 6.45) is 3.01. The summed E-state index contributed by atoms with van der Waals surface area (Å²) in [5.41, 5.74) is 4.44. The Labute approximate surface area is 180 Å². The summed E-state index contributed by atoms with van der Waals surface area (Å²) in [7, 11) is 3.15. The predicted molar refractivity (Wildman–Crippen MR) is 116 cm³/mol. The molecule has 31 heavy (non-hydrogen) atoms.